The van der Waals surface area contributed by atoms with Crippen LogP contribution in [0.2, 0.25) is 0 Å². The number of hydrogen-bond donors (Lipinski definition) is 1. The predicted molar refractivity (Wildman–Crippen MR) is 87.5 cm³/mol. The molecule has 2 aromatic carbocycles. The minimum Gasteiger partial charge on any atom is -1.00 e. The Labute approximate surface area is 144 Å². The molecule has 1 aliphatic heterocycles. The fourth-order valence-corrected chi connectivity index (χ4v) is 3.00. The molecule has 0 saturated heterocycles. The molecule has 4 heteroatoms. The maximum atomic E-state index is 6.04. The lowest BCUT2D eigenvalue weighted by Gasteiger charge is -2.11. The van der Waals surface area contributed by atoms with Crippen LogP contribution < -0.4 is 27.2 Å². The number of halogens is 1. The van der Waals surface area contributed by atoms with E-state index < -0.39 is 0 Å². The number of aryl methyl sites for hydroxylation is 1. The molecule has 0 aliphatic carbocycles. The normalized spacial score (nSPS) is 15.4. The van der Waals surface area contributed by atoms with E-state index in [1.54, 1.807) is 7.11 Å². The minimum absolute atomic E-state index is 0. The van der Waals surface area contributed by atoms with Crippen molar-refractivity contribution in [3.05, 3.63) is 59.7 Å². The summed E-state index contributed by atoms with van der Waals surface area (Å²) in [7, 11) is 1.70. The van der Waals surface area contributed by atoms with Gasteiger partial charge in [0.2, 0.25) is 0 Å². The molecule has 23 heavy (non-hydrogen) atoms. The summed E-state index contributed by atoms with van der Waals surface area (Å²) in [6, 6.07) is 16.8. The Morgan fingerprint density at radius 3 is 2.74 bits per heavy atom. The Bertz CT molecular complexity index is 604. The van der Waals surface area contributed by atoms with Gasteiger partial charge in [-0.2, -0.15) is 0 Å². The van der Waals surface area contributed by atoms with Crippen LogP contribution in [0.15, 0.2) is 48.5 Å². The molecule has 0 radical (unpaired) electrons. The van der Waals surface area contributed by atoms with Gasteiger partial charge in [-0.1, -0.05) is 42.5 Å². The average Bonchev–Trinajstić information content (AvgIpc) is 2.98. The number of methoxy groups -OCH3 is 1. The second-order valence-corrected chi connectivity index (χ2v) is 5.79. The SMILES string of the molecule is COc1cccc2c1OC(C[NH2+]CCCc1ccccc1)C2.[Cl-]. The molecule has 0 spiro atoms. The molecule has 1 heterocycles. The Hall–Kier alpha value is -1.71. The molecule has 1 aliphatic rings. The number of hydrogen-bond acceptors (Lipinski definition) is 2. The summed E-state index contributed by atoms with van der Waals surface area (Å²) >= 11 is 0. The number of quaternary nitrogens is 1. The molecule has 1 atom stereocenters. The van der Waals surface area contributed by atoms with Gasteiger partial charge in [0.15, 0.2) is 17.6 Å². The quantitative estimate of drug-likeness (QED) is 0.673. The maximum absolute atomic E-state index is 6.04. The number of nitrogens with two attached hydrogens (primary N) is 1. The third-order valence-electron chi connectivity index (χ3n) is 4.16. The fraction of sp³-hybridized carbons (Fsp3) is 0.368. The van der Waals surface area contributed by atoms with Crippen molar-refractivity contribution < 1.29 is 27.2 Å². The largest absolute Gasteiger partial charge is 1.00 e. The van der Waals surface area contributed by atoms with Crippen LogP contribution in [0, 0.1) is 0 Å². The van der Waals surface area contributed by atoms with Crippen LogP contribution in [0.5, 0.6) is 11.5 Å². The standard InChI is InChI=1S/C19H23NO2.ClH/c1-21-18-11-5-10-16-13-17(22-19(16)18)14-20-12-6-9-15-7-3-2-4-8-15;/h2-5,7-8,10-11,17,20H,6,9,12-14H2,1H3;1H. The molecule has 0 saturated carbocycles. The predicted octanol–water partition coefficient (Wildman–Crippen LogP) is -0.801. The highest BCUT2D eigenvalue weighted by atomic mass is 35.5. The highest BCUT2D eigenvalue weighted by molar-refractivity contribution is 5.49. The van der Waals surface area contributed by atoms with E-state index in [1.807, 2.05) is 12.1 Å². The molecular weight excluding hydrogens is 310 g/mol. The molecule has 2 aromatic rings. The van der Waals surface area contributed by atoms with E-state index in [2.05, 4.69) is 41.7 Å². The molecule has 1 unspecified atom stereocenters. The first-order valence-corrected chi connectivity index (χ1v) is 8.05. The third-order valence-corrected chi connectivity index (χ3v) is 4.16. The van der Waals surface area contributed by atoms with Gasteiger partial charge in [-0.05, 0) is 18.1 Å². The highest BCUT2D eigenvalue weighted by Gasteiger charge is 2.26. The van der Waals surface area contributed by atoms with Gasteiger partial charge in [-0.15, -0.1) is 0 Å². The van der Waals surface area contributed by atoms with Gasteiger partial charge in [-0.3, -0.25) is 0 Å². The van der Waals surface area contributed by atoms with Crippen molar-refractivity contribution in [2.24, 2.45) is 0 Å². The number of benzene rings is 2. The lowest BCUT2D eigenvalue weighted by Crippen LogP contribution is -3.00. The summed E-state index contributed by atoms with van der Waals surface area (Å²) in [6.07, 6.45) is 3.61. The molecule has 0 bridgehead atoms. The Kier molecular flexibility index (Phi) is 6.75. The van der Waals surface area contributed by atoms with Crippen molar-refractivity contribution in [3.63, 3.8) is 0 Å². The summed E-state index contributed by atoms with van der Waals surface area (Å²) in [6.45, 7) is 2.15. The van der Waals surface area contributed by atoms with E-state index in [9.17, 15) is 0 Å². The molecule has 0 amide bonds. The Morgan fingerprint density at radius 1 is 1.13 bits per heavy atom. The van der Waals surface area contributed by atoms with E-state index in [4.69, 9.17) is 9.47 Å². The molecule has 3 rings (SSSR count). The fourth-order valence-electron chi connectivity index (χ4n) is 3.00. The van der Waals surface area contributed by atoms with Crippen LogP contribution in [0.1, 0.15) is 17.5 Å². The first kappa shape index (κ1) is 17.6. The summed E-state index contributed by atoms with van der Waals surface area (Å²) in [5.41, 5.74) is 2.69. The Morgan fingerprint density at radius 2 is 1.96 bits per heavy atom. The van der Waals surface area contributed by atoms with Gasteiger partial charge < -0.3 is 27.2 Å². The van der Waals surface area contributed by atoms with E-state index in [0.29, 0.717) is 0 Å². The van der Waals surface area contributed by atoms with E-state index in [-0.39, 0.29) is 18.5 Å². The first-order valence-electron chi connectivity index (χ1n) is 8.05. The van der Waals surface area contributed by atoms with Crippen molar-refractivity contribution in [1.82, 2.24) is 0 Å². The first-order chi connectivity index (χ1) is 10.9. The highest BCUT2D eigenvalue weighted by Crippen LogP contribution is 2.37. The van der Waals surface area contributed by atoms with Gasteiger partial charge >= 0.3 is 0 Å². The van der Waals surface area contributed by atoms with Crippen molar-refractivity contribution in [2.45, 2.75) is 25.4 Å². The zero-order valence-corrected chi connectivity index (χ0v) is 14.3. The van der Waals surface area contributed by atoms with Gasteiger partial charge in [0.05, 0.1) is 13.7 Å². The third kappa shape index (κ3) is 4.63. The number of ether oxygens (including phenoxy) is 2. The van der Waals surface area contributed by atoms with Crippen LogP contribution in [0.4, 0.5) is 0 Å². The molecule has 3 nitrogen and oxygen atoms in total. The van der Waals surface area contributed by atoms with E-state index in [0.717, 1.165) is 37.4 Å². The minimum atomic E-state index is 0. The maximum Gasteiger partial charge on any atom is 0.165 e. The average molecular weight is 334 g/mol. The topological polar surface area (TPSA) is 35.1 Å². The van der Waals surface area contributed by atoms with E-state index in [1.165, 1.54) is 17.5 Å². The summed E-state index contributed by atoms with van der Waals surface area (Å²) in [5.74, 6) is 1.79. The number of fused-ring (bicyclic) bond motifs is 1. The van der Waals surface area contributed by atoms with Crippen molar-refractivity contribution in [2.75, 3.05) is 20.2 Å². The van der Waals surface area contributed by atoms with Crippen molar-refractivity contribution in [1.29, 1.82) is 0 Å². The molecular formula is C19H24ClNO2. The van der Waals surface area contributed by atoms with Gasteiger partial charge in [-0.25, -0.2) is 0 Å². The molecule has 0 fully saturated rings. The van der Waals surface area contributed by atoms with Crippen LogP contribution in [-0.2, 0) is 12.8 Å². The smallest absolute Gasteiger partial charge is 0.165 e. The van der Waals surface area contributed by atoms with Gasteiger partial charge in [0.1, 0.15) is 6.54 Å². The number of para-hydroxylation sites is 1. The van der Waals surface area contributed by atoms with Gasteiger partial charge in [0, 0.05) is 18.4 Å². The van der Waals surface area contributed by atoms with Crippen LogP contribution in [0.25, 0.3) is 0 Å². The number of rotatable bonds is 7. The lowest BCUT2D eigenvalue weighted by atomic mass is 10.1. The second kappa shape index (κ2) is 8.80. The van der Waals surface area contributed by atoms with Crippen molar-refractivity contribution >= 4 is 0 Å². The second-order valence-electron chi connectivity index (χ2n) is 5.79. The van der Waals surface area contributed by atoms with Crippen LogP contribution in [0.3, 0.4) is 0 Å². The van der Waals surface area contributed by atoms with Crippen LogP contribution in [-0.4, -0.2) is 26.3 Å². The Balaban J connectivity index is 0.00000192. The summed E-state index contributed by atoms with van der Waals surface area (Å²) < 4.78 is 11.4. The van der Waals surface area contributed by atoms with Crippen molar-refractivity contribution in [3.8, 4) is 11.5 Å². The van der Waals surface area contributed by atoms with E-state index >= 15 is 0 Å². The van der Waals surface area contributed by atoms with Crippen LogP contribution >= 0.6 is 0 Å². The molecule has 2 N–H and O–H groups in total. The zero-order chi connectivity index (χ0) is 15.2. The summed E-state index contributed by atoms with van der Waals surface area (Å²) in [4.78, 5) is 0. The summed E-state index contributed by atoms with van der Waals surface area (Å²) in [5, 5.41) is 2.37. The molecule has 0 aromatic heterocycles. The lowest BCUT2D eigenvalue weighted by molar-refractivity contribution is -0.660. The molecule has 124 valence electrons. The monoisotopic (exact) mass is 333 g/mol. The van der Waals surface area contributed by atoms with Gasteiger partial charge in [0.25, 0.3) is 0 Å². The zero-order valence-electron chi connectivity index (χ0n) is 13.5.